The van der Waals surface area contributed by atoms with Crippen LogP contribution in [0.5, 0.6) is 0 Å². The quantitative estimate of drug-likeness (QED) is 0.642. The molecule has 2 saturated heterocycles. The van der Waals surface area contributed by atoms with Crippen molar-refractivity contribution in [3.63, 3.8) is 0 Å². The zero-order valence-electron chi connectivity index (χ0n) is 14.3. The summed E-state index contributed by atoms with van der Waals surface area (Å²) in [5, 5.41) is 6.27. The molecule has 0 unspecified atom stereocenters. The number of rotatable bonds is 3. The summed E-state index contributed by atoms with van der Waals surface area (Å²) in [6, 6.07) is 7.13. The van der Waals surface area contributed by atoms with Crippen molar-refractivity contribution in [1.82, 2.24) is 10.2 Å². The Morgan fingerprint density at radius 2 is 1.96 bits per heavy atom. The summed E-state index contributed by atoms with van der Waals surface area (Å²) in [7, 11) is 0. The van der Waals surface area contributed by atoms with Crippen molar-refractivity contribution in [3.8, 4) is 0 Å². The number of imide groups is 1. The predicted molar refractivity (Wildman–Crippen MR) is 92.4 cm³/mol. The lowest BCUT2D eigenvalue weighted by molar-refractivity contribution is -0.142. The minimum absolute atomic E-state index is 0.105. The van der Waals surface area contributed by atoms with Crippen LogP contribution in [-0.2, 0) is 19.9 Å². The first-order chi connectivity index (χ1) is 11.9. The predicted octanol–water partition coefficient (Wildman–Crippen LogP) is 1.25. The van der Waals surface area contributed by atoms with Gasteiger partial charge in [0, 0.05) is 23.8 Å². The van der Waals surface area contributed by atoms with Gasteiger partial charge in [0.15, 0.2) is 0 Å². The van der Waals surface area contributed by atoms with Gasteiger partial charge in [0.2, 0.25) is 17.7 Å². The van der Waals surface area contributed by atoms with Gasteiger partial charge in [-0.05, 0) is 12.0 Å². The molecule has 2 N–H and O–H groups in total. The van der Waals surface area contributed by atoms with Crippen LogP contribution < -0.4 is 10.6 Å². The van der Waals surface area contributed by atoms with Crippen molar-refractivity contribution < 1.29 is 14.4 Å². The van der Waals surface area contributed by atoms with Crippen LogP contribution in [0.25, 0.3) is 0 Å². The molecule has 1 aromatic carbocycles. The number of anilines is 1. The number of fused-ring (bicyclic) bond motifs is 4. The highest BCUT2D eigenvalue weighted by atomic mass is 16.2. The first-order valence-corrected chi connectivity index (χ1v) is 8.58. The largest absolute Gasteiger partial charge is 0.324 e. The van der Waals surface area contributed by atoms with Gasteiger partial charge in [-0.1, -0.05) is 38.1 Å². The monoisotopic (exact) mass is 339 g/mol. The SMILES string of the molecule is C=CCN1C(=O)[C@H]2[C@H](C(C)C)N[C@@]3(C(=O)Nc4ccccc43)[C@H]2C1=O. The van der Waals surface area contributed by atoms with Crippen LogP contribution in [0.4, 0.5) is 5.69 Å². The van der Waals surface area contributed by atoms with Crippen molar-refractivity contribution in [2.75, 3.05) is 11.9 Å². The Labute approximate surface area is 146 Å². The fourth-order valence-electron chi connectivity index (χ4n) is 4.63. The second-order valence-electron chi connectivity index (χ2n) is 7.30. The minimum atomic E-state index is -1.18. The molecule has 3 aliphatic heterocycles. The number of nitrogens with zero attached hydrogens (tertiary/aromatic N) is 1. The van der Waals surface area contributed by atoms with Crippen LogP contribution in [-0.4, -0.2) is 35.2 Å². The fourth-order valence-corrected chi connectivity index (χ4v) is 4.63. The molecule has 0 saturated carbocycles. The summed E-state index contributed by atoms with van der Waals surface area (Å²) in [6.07, 6.45) is 1.55. The number of benzene rings is 1. The summed E-state index contributed by atoms with van der Waals surface area (Å²) < 4.78 is 0. The van der Waals surface area contributed by atoms with E-state index in [1.165, 1.54) is 4.90 Å². The Kier molecular flexibility index (Phi) is 3.37. The van der Waals surface area contributed by atoms with Gasteiger partial charge >= 0.3 is 0 Å². The lowest BCUT2D eigenvalue weighted by atomic mass is 9.76. The number of hydrogen-bond donors (Lipinski definition) is 2. The second-order valence-corrected chi connectivity index (χ2v) is 7.30. The molecular formula is C19H21N3O3. The molecule has 3 amide bonds. The minimum Gasteiger partial charge on any atom is -0.324 e. The molecule has 25 heavy (non-hydrogen) atoms. The molecule has 0 radical (unpaired) electrons. The van der Waals surface area contributed by atoms with Crippen molar-refractivity contribution in [3.05, 3.63) is 42.5 Å². The Morgan fingerprint density at radius 3 is 2.64 bits per heavy atom. The molecule has 1 spiro atoms. The first-order valence-electron chi connectivity index (χ1n) is 8.58. The van der Waals surface area contributed by atoms with E-state index < -0.39 is 17.4 Å². The third kappa shape index (κ3) is 1.86. The maximum absolute atomic E-state index is 13.1. The van der Waals surface area contributed by atoms with Crippen molar-refractivity contribution >= 4 is 23.4 Å². The molecule has 2 fully saturated rings. The van der Waals surface area contributed by atoms with Crippen molar-refractivity contribution in [1.29, 1.82) is 0 Å². The molecule has 4 rings (SSSR count). The average molecular weight is 339 g/mol. The van der Waals surface area contributed by atoms with E-state index in [0.29, 0.717) is 5.69 Å². The van der Waals surface area contributed by atoms with E-state index in [1.807, 2.05) is 38.1 Å². The number of nitrogens with one attached hydrogen (secondary N) is 2. The highest BCUT2D eigenvalue weighted by Gasteiger charge is 2.70. The van der Waals surface area contributed by atoms with Gasteiger partial charge in [0.05, 0.1) is 11.8 Å². The molecule has 3 heterocycles. The lowest BCUT2D eigenvalue weighted by Gasteiger charge is -2.30. The van der Waals surface area contributed by atoms with Crippen LogP contribution in [0.2, 0.25) is 0 Å². The molecule has 0 aromatic heterocycles. The second kappa shape index (κ2) is 5.26. The van der Waals surface area contributed by atoms with Crippen molar-refractivity contribution in [2.45, 2.75) is 25.4 Å². The number of carbonyl (C=O) groups excluding carboxylic acids is 3. The lowest BCUT2D eigenvalue weighted by Crippen LogP contribution is -2.54. The van der Waals surface area contributed by atoms with E-state index >= 15 is 0 Å². The molecule has 130 valence electrons. The van der Waals surface area contributed by atoms with E-state index in [1.54, 1.807) is 6.08 Å². The molecule has 0 aliphatic carbocycles. The highest BCUT2D eigenvalue weighted by Crippen LogP contribution is 2.53. The first kappa shape index (κ1) is 16.0. The van der Waals surface area contributed by atoms with Gasteiger partial charge in [-0.3, -0.25) is 24.6 Å². The Morgan fingerprint density at radius 1 is 1.24 bits per heavy atom. The number of hydrogen-bond acceptors (Lipinski definition) is 4. The zero-order valence-corrected chi connectivity index (χ0v) is 14.3. The fraction of sp³-hybridized carbons (Fsp3) is 0.421. The summed E-state index contributed by atoms with van der Waals surface area (Å²) in [5.74, 6) is -1.92. The van der Waals surface area contributed by atoms with E-state index in [9.17, 15) is 14.4 Å². The zero-order chi connectivity index (χ0) is 17.9. The van der Waals surface area contributed by atoms with Crippen LogP contribution >= 0.6 is 0 Å². The standard InChI is InChI=1S/C19H21N3O3/c1-4-9-22-16(23)13-14(17(22)24)19(21-15(13)10(2)3)11-7-5-6-8-12(11)20-18(19)25/h4-8,10,13-15,21H,1,9H2,2-3H3,(H,20,25)/t13-,14-,15+,19-/m1/s1. The Hall–Kier alpha value is -2.47. The molecule has 3 aliphatic rings. The van der Waals surface area contributed by atoms with Gasteiger partial charge in [-0.2, -0.15) is 0 Å². The highest BCUT2D eigenvalue weighted by molar-refractivity contribution is 6.15. The van der Waals surface area contributed by atoms with Gasteiger partial charge < -0.3 is 5.32 Å². The molecule has 6 nitrogen and oxygen atoms in total. The third-order valence-corrected chi connectivity index (χ3v) is 5.68. The smallest absolute Gasteiger partial charge is 0.250 e. The average Bonchev–Trinajstić information content (AvgIpc) is 3.16. The summed E-state index contributed by atoms with van der Waals surface area (Å²) in [6.45, 7) is 7.82. The number of para-hydroxylation sites is 1. The topological polar surface area (TPSA) is 78.5 Å². The van der Waals surface area contributed by atoms with Gasteiger partial charge in [-0.15, -0.1) is 6.58 Å². The number of amides is 3. The Bertz CT molecular complexity index is 803. The van der Waals surface area contributed by atoms with Gasteiger partial charge in [0.1, 0.15) is 5.54 Å². The summed E-state index contributed by atoms with van der Waals surface area (Å²) >= 11 is 0. The van der Waals surface area contributed by atoms with Crippen LogP contribution in [0.3, 0.4) is 0 Å². The number of carbonyl (C=O) groups is 3. The van der Waals surface area contributed by atoms with Crippen LogP contribution in [0, 0.1) is 17.8 Å². The van der Waals surface area contributed by atoms with E-state index in [4.69, 9.17) is 0 Å². The maximum Gasteiger partial charge on any atom is 0.250 e. The van der Waals surface area contributed by atoms with E-state index in [0.717, 1.165) is 5.56 Å². The molecule has 4 atom stereocenters. The molecule has 6 heteroatoms. The third-order valence-electron chi connectivity index (χ3n) is 5.68. The van der Waals surface area contributed by atoms with E-state index in [-0.39, 0.29) is 36.2 Å². The number of likely N-dealkylation sites (tertiary alicyclic amines) is 1. The van der Waals surface area contributed by atoms with Crippen LogP contribution in [0.15, 0.2) is 36.9 Å². The Balaban J connectivity index is 1.91. The summed E-state index contributed by atoms with van der Waals surface area (Å²) in [4.78, 5) is 40.3. The van der Waals surface area contributed by atoms with Gasteiger partial charge in [-0.25, -0.2) is 0 Å². The molecular weight excluding hydrogens is 318 g/mol. The molecule has 0 bridgehead atoms. The summed E-state index contributed by atoms with van der Waals surface area (Å²) in [5.41, 5.74) is 0.268. The maximum atomic E-state index is 13.1. The normalized spacial score (nSPS) is 33.2. The molecule has 1 aromatic rings. The van der Waals surface area contributed by atoms with E-state index in [2.05, 4.69) is 17.2 Å². The van der Waals surface area contributed by atoms with Gasteiger partial charge in [0.25, 0.3) is 0 Å². The van der Waals surface area contributed by atoms with Crippen molar-refractivity contribution in [2.24, 2.45) is 17.8 Å². The van der Waals surface area contributed by atoms with Crippen LogP contribution in [0.1, 0.15) is 19.4 Å².